The molecule has 3 rings (SSSR count). The smallest absolute Gasteiger partial charge is 0.240 e. The highest BCUT2D eigenvalue weighted by atomic mass is 16.2. The number of para-hydroxylation sites is 1. The van der Waals surface area contributed by atoms with Gasteiger partial charge in [0.25, 0.3) is 0 Å². The van der Waals surface area contributed by atoms with Crippen LogP contribution in [0.3, 0.4) is 0 Å². The molecule has 1 aromatic carbocycles. The molecular weight excluding hydrogens is 338 g/mol. The summed E-state index contributed by atoms with van der Waals surface area (Å²) in [5.74, 6) is 0.800. The lowest BCUT2D eigenvalue weighted by Gasteiger charge is -2.37. The highest BCUT2D eigenvalue weighted by Gasteiger charge is 2.36. The van der Waals surface area contributed by atoms with Gasteiger partial charge in [0.15, 0.2) is 0 Å². The van der Waals surface area contributed by atoms with Crippen LogP contribution in [0.5, 0.6) is 0 Å². The molecule has 1 saturated carbocycles. The van der Waals surface area contributed by atoms with Crippen molar-refractivity contribution in [1.82, 2.24) is 10.3 Å². The number of primary amides is 1. The van der Waals surface area contributed by atoms with Crippen LogP contribution in [-0.2, 0) is 16.0 Å². The molecule has 1 aliphatic carbocycles. The second-order valence-corrected chi connectivity index (χ2v) is 8.46. The number of H-pyrrole nitrogens is 1. The van der Waals surface area contributed by atoms with Crippen molar-refractivity contribution in [1.29, 1.82) is 0 Å². The fourth-order valence-corrected chi connectivity index (χ4v) is 4.53. The van der Waals surface area contributed by atoms with Gasteiger partial charge in [0.2, 0.25) is 11.8 Å². The number of fused-ring (bicyclic) bond motifs is 1. The predicted molar refractivity (Wildman–Crippen MR) is 108 cm³/mol. The number of nitrogens with two attached hydrogens (primary N) is 1. The van der Waals surface area contributed by atoms with Crippen LogP contribution in [0.1, 0.15) is 45.6 Å². The number of benzene rings is 1. The number of carbonyl (C=O) groups excluding carboxylic acids is 2. The molecule has 1 heterocycles. The summed E-state index contributed by atoms with van der Waals surface area (Å²) in [7, 11) is 0. The third-order valence-electron chi connectivity index (χ3n) is 6.12. The van der Waals surface area contributed by atoms with E-state index in [1.54, 1.807) is 0 Å². The van der Waals surface area contributed by atoms with Crippen LogP contribution in [0.15, 0.2) is 30.5 Å². The molecule has 2 amide bonds. The number of hydrogen-bond donors (Lipinski definition) is 3. The Balaban J connectivity index is 1.75. The first kappa shape index (κ1) is 19.5. The van der Waals surface area contributed by atoms with Crippen LogP contribution in [-0.4, -0.2) is 22.8 Å². The third kappa shape index (κ3) is 4.34. The van der Waals surface area contributed by atoms with Gasteiger partial charge in [-0.05, 0) is 42.2 Å². The fourth-order valence-electron chi connectivity index (χ4n) is 4.53. The maximum atomic E-state index is 13.0. The van der Waals surface area contributed by atoms with E-state index in [0.717, 1.165) is 29.3 Å². The molecular formula is C22H31N3O2. The zero-order chi connectivity index (χ0) is 19.6. The average molecular weight is 370 g/mol. The van der Waals surface area contributed by atoms with E-state index in [1.807, 2.05) is 30.5 Å². The third-order valence-corrected chi connectivity index (χ3v) is 6.12. The summed E-state index contributed by atoms with van der Waals surface area (Å²) in [5.41, 5.74) is 7.64. The molecule has 0 radical (unpaired) electrons. The van der Waals surface area contributed by atoms with Crippen molar-refractivity contribution in [3.05, 3.63) is 36.0 Å². The molecule has 4 atom stereocenters. The van der Waals surface area contributed by atoms with Crippen LogP contribution < -0.4 is 11.1 Å². The molecule has 0 saturated heterocycles. The van der Waals surface area contributed by atoms with E-state index in [-0.39, 0.29) is 11.8 Å². The Morgan fingerprint density at radius 3 is 2.70 bits per heavy atom. The molecule has 5 heteroatoms. The van der Waals surface area contributed by atoms with Gasteiger partial charge in [0.1, 0.15) is 6.04 Å². The van der Waals surface area contributed by atoms with Gasteiger partial charge >= 0.3 is 0 Å². The molecule has 5 nitrogen and oxygen atoms in total. The van der Waals surface area contributed by atoms with Crippen LogP contribution in [0.4, 0.5) is 0 Å². The van der Waals surface area contributed by atoms with E-state index in [0.29, 0.717) is 24.2 Å². The Hall–Kier alpha value is -2.30. The average Bonchev–Trinajstić information content (AvgIpc) is 3.03. The van der Waals surface area contributed by atoms with Crippen molar-refractivity contribution in [3.8, 4) is 0 Å². The van der Waals surface area contributed by atoms with Gasteiger partial charge in [-0.2, -0.15) is 0 Å². The predicted octanol–water partition coefficient (Wildman–Crippen LogP) is 3.39. The van der Waals surface area contributed by atoms with Crippen LogP contribution in [0.2, 0.25) is 0 Å². The number of carbonyl (C=O) groups is 2. The maximum absolute atomic E-state index is 13.0. The molecule has 0 aliphatic heterocycles. The zero-order valence-electron chi connectivity index (χ0n) is 16.5. The standard InChI is InChI=1S/C22H31N3O2/c1-13(2)16-9-8-14(3)10-18(16)22(27)25-20(21(23)26)11-15-12-24-19-7-5-4-6-17(15)19/h4-7,12-14,16,18,20,24H,8-11H2,1-3H3,(H2,23,26)(H,25,27)/t14-,16+,18-,20+/m1/s1. The minimum Gasteiger partial charge on any atom is -0.368 e. The molecule has 0 spiro atoms. The molecule has 1 aromatic heterocycles. The van der Waals surface area contributed by atoms with Crippen LogP contribution in [0, 0.1) is 23.7 Å². The first-order chi connectivity index (χ1) is 12.9. The van der Waals surface area contributed by atoms with Crippen molar-refractivity contribution < 1.29 is 9.59 Å². The number of hydrogen-bond acceptors (Lipinski definition) is 2. The zero-order valence-corrected chi connectivity index (χ0v) is 16.5. The first-order valence-corrected chi connectivity index (χ1v) is 10.0. The number of nitrogens with one attached hydrogen (secondary N) is 2. The number of amides is 2. The summed E-state index contributed by atoms with van der Waals surface area (Å²) in [4.78, 5) is 28.3. The molecule has 27 heavy (non-hydrogen) atoms. The number of rotatable bonds is 6. The summed E-state index contributed by atoms with van der Waals surface area (Å²) < 4.78 is 0. The van der Waals surface area contributed by atoms with Crippen LogP contribution >= 0.6 is 0 Å². The van der Waals surface area contributed by atoms with Gasteiger partial charge in [-0.3, -0.25) is 9.59 Å². The van der Waals surface area contributed by atoms with Gasteiger partial charge in [-0.1, -0.05) is 45.4 Å². The number of aromatic nitrogens is 1. The van der Waals surface area contributed by atoms with E-state index in [2.05, 4.69) is 31.1 Å². The topological polar surface area (TPSA) is 88.0 Å². The molecule has 146 valence electrons. The Morgan fingerprint density at radius 2 is 2.00 bits per heavy atom. The van der Waals surface area contributed by atoms with Gasteiger partial charge in [-0.25, -0.2) is 0 Å². The fraction of sp³-hybridized carbons (Fsp3) is 0.545. The van der Waals surface area contributed by atoms with Gasteiger partial charge in [0, 0.05) is 29.4 Å². The Bertz CT molecular complexity index is 811. The second-order valence-electron chi connectivity index (χ2n) is 8.46. The molecule has 1 aliphatic rings. The quantitative estimate of drug-likeness (QED) is 0.729. The Kier molecular flexibility index (Phi) is 5.88. The van der Waals surface area contributed by atoms with E-state index in [4.69, 9.17) is 5.73 Å². The van der Waals surface area contributed by atoms with E-state index in [9.17, 15) is 9.59 Å². The van der Waals surface area contributed by atoms with Crippen molar-refractivity contribution in [2.75, 3.05) is 0 Å². The highest BCUT2D eigenvalue weighted by Crippen LogP contribution is 2.38. The normalized spacial score (nSPS) is 24.1. The Morgan fingerprint density at radius 1 is 1.26 bits per heavy atom. The number of aromatic amines is 1. The highest BCUT2D eigenvalue weighted by molar-refractivity contribution is 5.89. The molecule has 2 aromatic rings. The van der Waals surface area contributed by atoms with E-state index in [1.165, 1.54) is 6.42 Å². The van der Waals surface area contributed by atoms with Crippen molar-refractivity contribution >= 4 is 22.7 Å². The second kappa shape index (κ2) is 8.15. The lowest BCUT2D eigenvalue weighted by atomic mass is 9.69. The lowest BCUT2D eigenvalue weighted by Crippen LogP contribution is -2.50. The summed E-state index contributed by atoms with van der Waals surface area (Å²) in [6.45, 7) is 6.56. The minimum absolute atomic E-state index is 0.0242. The Labute approximate surface area is 161 Å². The summed E-state index contributed by atoms with van der Waals surface area (Å²) in [5, 5.41) is 4.03. The summed E-state index contributed by atoms with van der Waals surface area (Å²) >= 11 is 0. The molecule has 0 unspecified atom stereocenters. The van der Waals surface area contributed by atoms with Gasteiger partial charge < -0.3 is 16.0 Å². The molecule has 4 N–H and O–H groups in total. The molecule has 1 fully saturated rings. The summed E-state index contributed by atoms with van der Waals surface area (Å²) in [6.07, 6.45) is 5.42. The minimum atomic E-state index is -0.693. The maximum Gasteiger partial charge on any atom is 0.240 e. The SMILES string of the molecule is CC(C)[C@@H]1CC[C@@H](C)C[C@H]1C(=O)N[C@@H](Cc1c[nH]c2ccccc12)C(N)=O. The van der Waals surface area contributed by atoms with Crippen LogP contribution in [0.25, 0.3) is 10.9 Å². The summed E-state index contributed by atoms with van der Waals surface area (Å²) in [6, 6.07) is 7.24. The van der Waals surface area contributed by atoms with E-state index >= 15 is 0 Å². The van der Waals surface area contributed by atoms with Crippen molar-refractivity contribution in [2.45, 2.75) is 52.5 Å². The van der Waals surface area contributed by atoms with Crippen molar-refractivity contribution in [3.63, 3.8) is 0 Å². The lowest BCUT2D eigenvalue weighted by molar-refractivity contribution is -0.133. The van der Waals surface area contributed by atoms with Gasteiger partial charge in [0.05, 0.1) is 0 Å². The van der Waals surface area contributed by atoms with E-state index < -0.39 is 11.9 Å². The monoisotopic (exact) mass is 369 g/mol. The largest absolute Gasteiger partial charge is 0.368 e. The molecule has 0 bridgehead atoms. The van der Waals surface area contributed by atoms with Crippen molar-refractivity contribution in [2.24, 2.45) is 29.4 Å². The first-order valence-electron chi connectivity index (χ1n) is 10.0. The van der Waals surface area contributed by atoms with Gasteiger partial charge in [-0.15, -0.1) is 0 Å².